The molecule has 0 bridgehead atoms. The van der Waals surface area contributed by atoms with Gasteiger partial charge in [0.05, 0.1) is 16.9 Å². The van der Waals surface area contributed by atoms with E-state index in [0.717, 1.165) is 4.68 Å². The number of nitrogens with one attached hydrogen (secondary N) is 1. The number of rotatable bonds is 3. The molecule has 1 heterocycles. The highest BCUT2D eigenvalue weighted by atomic mass is 79.9. The topological polar surface area (TPSA) is 99.7 Å². The molecule has 0 saturated heterocycles. The summed E-state index contributed by atoms with van der Waals surface area (Å²) in [5, 5.41) is 27.2. The van der Waals surface area contributed by atoms with E-state index < -0.39 is 5.56 Å². The summed E-state index contributed by atoms with van der Waals surface area (Å²) in [6, 6.07) is 1.48. The maximum atomic E-state index is 11.6. The van der Waals surface area contributed by atoms with Gasteiger partial charge in [-0.3, -0.25) is 10.2 Å². The quantitative estimate of drug-likeness (QED) is 0.491. The lowest BCUT2D eigenvalue weighted by Crippen LogP contribution is -2.20. The third-order valence-corrected chi connectivity index (χ3v) is 4.39. The Morgan fingerprint density at radius 1 is 1.41 bits per heavy atom. The molecule has 0 aliphatic rings. The van der Waals surface area contributed by atoms with Crippen molar-refractivity contribution in [3.05, 3.63) is 42.1 Å². The summed E-state index contributed by atoms with van der Waals surface area (Å²) in [6.45, 7) is 0. The Kier molecular flexibility index (Phi) is 5.09. The normalized spacial score (nSPS) is 11.1. The maximum absolute atomic E-state index is 11.6. The first kappa shape index (κ1) is 16.8. The Bertz CT molecular complexity index is 823. The number of hydrogen-bond donors (Lipinski definition) is 3. The number of hydrogen-bond acceptors (Lipinski definition) is 6. The summed E-state index contributed by atoms with van der Waals surface area (Å²) in [7, 11) is 1.48. The number of phenols is 2. The van der Waals surface area contributed by atoms with Gasteiger partial charge in [0.1, 0.15) is 26.7 Å². The number of phenolic OH excluding ortho intramolecular Hbond substituents is 2. The van der Waals surface area contributed by atoms with Crippen LogP contribution in [0, 0.1) is 0 Å². The van der Waals surface area contributed by atoms with Gasteiger partial charge in [0.2, 0.25) is 0 Å². The van der Waals surface area contributed by atoms with Crippen molar-refractivity contribution in [2.24, 2.45) is 12.1 Å². The predicted molar refractivity (Wildman–Crippen MR) is 90.9 cm³/mol. The van der Waals surface area contributed by atoms with Crippen LogP contribution in [0.2, 0.25) is 5.02 Å². The van der Waals surface area contributed by atoms with Gasteiger partial charge in [-0.15, -0.1) is 0 Å². The van der Waals surface area contributed by atoms with Crippen LogP contribution in [0.3, 0.4) is 0 Å². The molecule has 116 valence electrons. The summed E-state index contributed by atoms with van der Waals surface area (Å²) in [5.74, 6) is -0.305. The van der Waals surface area contributed by atoms with Crippen molar-refractivity contribution in [2.75, 3.05) is 5.43 Å². The number of benzene rings is 1. The molecule has 0 unspecified atom stereocenters. The van der Waals surface area contributed by atoms with Gasteiger partial charge >= 0.3 is 0 Å². The zero-order chi connectivity index (χ0) is 16.4. The second-order valence-electron chi connectivity index (χ2n) is 4.13. The van der Waals surface area contributed by atoms with E-state index >= 15 is 0 Å². The van der Waals surface area contributed by atoms with E-state index in [-0.39, 0.29) is 26.7 Å². The molecule has 3 N–H and O–H groups in total. The predicted octanol–water partition coefficient (Wildman–Crippen LogP) is 2.82. The van der Waals surface area contributed by atoms with Crippen LogP contribution in [-0.4, -0.2) is 26.2 Å². The zero-order valence-electron chi connectivity index (χ0n) is 11.0. The minimum absolute atomic E-state index is 0.0491. The molecule has 2 rings (SSSR count). The zero-order valence-corrected chi connectivity index (χ0v) is 14.9. The molecular weight excluding hydrogens is 443 g/mol. The second kappa shape index (κ2) is 6.67. The number of anilines is 1. The molecule has 1 aromatic heterocycles. The highest BCUT2D eigenvalue weighted by Crippen LogP contribution is 2.40. The second-order valence-corrected chi connectivity index (χ2v) is 6.16. The average Bonchev–Trinajstić information content (AvgIpc) is 2.50. The van der Waals surface area contributed by atoms with Crippen molar-refractivity contribution in [1.82, 2.24) is 9.78 Å². The van der Waals surface area contributed by atoms with E-state index in [1.54, 1.807) is 0 Å². The number of aryl methyl sites for hydroxylation is 1. The summed E-state index contributed by atoms with van der Waals surface area (Å²) < 4.78 is 1.61. The van der Waals surface area contributed by atoms with Gasteiger partial charge in [0, 0.05) is 12.6 Å². The standard InChI is InChI=1S/C12H9Br2ClN4O3/c1-19-12(22)9(15)7(4-17-19)18-16-3-5-2-6(13)11(21)8(14)10(5)20/h2-4,18,20-21H,1H3/b16-3-. The molecule has 0 radical (unpaired) electrons. The summed E-state index contributed by atoms with van der Waals surface area (Å²) in [4.78, 5) is 11.6. The highest BCUT2D eigenvalue weighted by Gasteiger charge is 2.13. The van der Waals surface area contributed by atoms with Crippen molar-refractivity contribution >= 4 is 55.4 Å². The Balaban J connectivity index is 2.28. The molecule has 7 nitrogen and oxygen atoms in total. The van der Waals surface area contributed by atoms with Crippen LogP contribution in [0.25, 0.3) is 0 Å². The van der Waals surface area contributed by atoms with E-state index in [9.17, 15) is 15.0 Å². The Morgan fingerprint density at radius 3 is 2.77 bits per heavy atom. The summed E-state index contributed by atoms with van der Waals surface area (Å²) in [5.41, 5.74) is 2.67. The number of aromatic nitrogens is 2. The first-order valence-corrected chi connectivity index (χ1v) is 7.70. The monoisotopic (exact) mass is 450 g/mol. The van der Waals surface area contributed by atoms with Crippen LogP contribution in [0.1, 0.15) is 5.56 Å². The molecule has 0 fully saturated rings. The lowest BCUT2D eigenvalue weighted by molar-refractivity contribution is 0.442. The van der Waals surface area contributed by atoms with Crippen LogP contribution in [0.5, 0.6) is 11.5 Å². The molecule has 0 atom stereocenters. The smallest absolute Gasteiger partial charge is 0.287 e. The molecule has 10 heteroatoms. The molecule has 0 spiro atoms. The first-order chi connectivity index (χ1) is 10.3. The van der Waals surface area contributed by atoms with Crippen LogP contribution in [-0.2, 0) is 7.05 Å². The van der Waals surface area contributed by atoms with E-state index in [1.165, 1.54) is 25.5 Å². The van der Waals surface area contributed by atoms with Gasteiger partial charge in [0.25, 0.3) is 5.56 Å². The molecule has 0 saturated carbocycles. The van der Waals surface area contributed by atoms with Crippen molar-refractivity contribution in [1.29, 1.82) is 0 Å². The molecule has 0 aliphatic carbocycles. The number of halogens is 3. The van der Waals surface area contributed by atoms with Crippen LogP contribution in [0.15, 0.2) is 31.1 Å². The number of aromatic hydroxyl groups is 2. The minimum atomic E-state index is -0.458. The molecule has 22 heavy (non-hydrogen) atoms. The third kappa shape index (κ3) is 3.26. The van der Waals surface area contributed by atoms with Gasteiger partial charge in [-0.1, -0.05) is 11.6 Å². The molecule has 1 aromatic carbocycles. The fourth-order valence-corrected chi connectivity index (χ4v) is 2.84. The van der Waals surface area contributed by atoms with Crippen LogP contribution in [0.4, 0.5) is 5.69 Å². The Hall–Kier alpha value is -1.58. The van der Waals surface area contributed by atoms with Gasteiger partial charge in [0.15, 0.2) is 0 Å². The van der Waals surface area contributed by atoms with Gasteiger partial charge in [-0.05, 0) is 37.9 Å². The van der Waals surface area contributed by atoms with Gasteiger partial charge in [-0.2, -0.15) is 10.2 Å². The fourth-order valence-electron chi connectivity index (χ4n) is 1.48. The maximum Gasteiger partial charge on any atom is 0.287 e. The van der Waals surface area contributed by atoms with Crippen molar-refractivity contribution < 1.29 is 10.2 Å². The first-order valence-electron chi connectivity index (χ1n) is 5.73. The summed E-state index contributed by atoms with van der Waals surface area (Å²) in [6.07, 6.45) is 2.65. The van der Waals surface area contributed by atoms with Crippen molar-refractivity contribution in [2.45, 2.75) is 0 Å². The van der Waals surface area contributed by atoms with E-state index in [0.29, 0.717) is 10.0 Å². The van der Waals surface area contributed by atoms with Crippen molar-refractivity contribution in [3.63, 3.8) is 0 Å². The van der Waals surface area contributed by atoms with Crippen molar-refractivity contribution in [3.8, 4) is 11.5 Å². The molecule has 0 amide bonds. The van der Waals surface area contributed by atoms with Crippen LogP contribution < -0.4 is 11.0 Å². The van der Waals surface area contributed by atoms with E-state index in [4.69, 9.17) is 11.6 Å². The van der Waals surface area contributed by atoms with Gasteiger partial charge < -0.3 is 10.2 Å². The molecule has 2 aromatic rings. The number of hydrazone groups is 1. The van der Waals surface area contributed by atoms with Crippen LogP contribution >= 0.6 is 43.5 Å². The minimum Gasteiger partial charge on any atom is -0.506 e. The SMILES string of the molecule is Cn1ncc(N/N=C\c2cc(Br)c(O)c(Br)c2O)c(Cl)c1=O. The highest BCUT2D eigenvalue weighted by molar-refractivity contribution is 9.11. The Morgan fingerprint density at radius 2 is 2.09 bits per heavy atom. The lowest BCUT2D eigenvalue weighted by Gasteiger charge is -2.07. The third-order valence-electron chi connectivity index (χ3n) is 2.66. The summed E-state index contributed by atoms with van der Waals surface area (Å²) >= 11 is 12.1. The molecule has 0 aliphatic heterocycles. The Labute approximate surface area is 146 Å². The fraction of sp³-hybridized carbons (Fsp3) is 0.0833. The lowest BCUT2D eigenvalue weighted by atomic mass is 10.2. The molecular formula is C12H9Br2ClN4O3. The average molecular weight is 452 g/mol. The van der Waals surface area contributed by atoms with E-state index in [2.05, 4.69) is 47.5 Å². The largest absolute Gasteiger partial charge is 0.506 e. The van der Waals surface area contributed by atoms with Gasteiger partial charge in [-0.25, -0.2) is 4.68 Å². The van der Waals surface area contributed by atoms with E-state index in [1.807, 2.05) is 0 Å². The number of nitrogens with zero attached hydrogens (tertiary/aromatic N) is 3.